The zero-order valence-electron chi connectivity index (χ0n) is 12.8. The Bertz CT molecular complexity index is 511. The van der Waals surface area contributed by atoms with Crippen molar-refractivity contribution < 1.29 is 13.9 Å². The van der Waals surface area contributed by atoms with Crippen LogP contribution >= 0.6 is 0 Å². The number of halogens is 1. The molecule has 5 heteroatoms. The molecule has 0 aromatic heterocycles. The van der Waals surface area contributed by atoms with Crippen molar-refractivity contribution in [2.45, 2.75) is 31.9 Å². The molecule has 2 fully saturated rings. The first-order valence-electron chi connectivity index (χ1n) is 8.08. The summed E-state index contributed by atoms with van der Waals surface area (Å²) in [6.45, 7) is 3.46. The van der Waals surface area contributed by atoms with Crippen molar-refractivity contribution in [1.82, 2.24) is 10.2 Å². The first-order valence-corrected chi connectivity index (χ1v) is 8.08. The van der Waals surface area contributed by atoms with Crippen LogP contribution in [0.1, 0.15) is 24.8 Å². The van der Waals surface area contributed by atoms with Crippen LogP contribution in [0.2, 0.25) is 0 Å². The van der Waals surface area contributed by atoms with Gasteiger partial charge in [0.1, 0.15) is 5.82 Å². The second-order valence-electron chi connectivity index (χ2n) is 6.17. The highest BCUT2D eigenvalue weighted by Crippen LogP contribution is 2.19. The Hall–Kier alpha value is -1.46. The van der Waals surface area contributed by atoms with Gasteiger partial charge in [-0.3, -0.25) is 4.79 Å². The molecule has 2 atom stereocenters. The first-order chi connectivity index (χ1) is 10.7. The maximum atomic E-state index is 13.4. The largest absolute Gasteiger partial charge is 0.376 e. The van der Waals surface area contributed by atoms with Crippen LogP contribution in [0.25, 0.3) is 0 Å². The maximum absolute atomic E-state index is 13.4. The number of carbonyl (C=O) groups excluding carboxylic acids is 1. The van der Waals surface area contributed by atoms with E-state index in [1.54, 1.807) is 6.07 Å². The third-order valence-electron chi connectivity index (χ3n) is 4.43. The van der Waals surface area contributed by atoms with Crippen LogP contribution < -0.4 is 5.32 Å². The maximum Gasteiger partial charge on any atom is 0.227 e. The van der Waals surface area contributed by atoms with E-state index in [2.05, 4.69) is 5.32 Å². The molecule has 2 unspecified atom stereocenters. The molecule has 3 rings (SSSR count). The third kappa shape index (κ3) is 3.84. The second kappa shape index (κ2) is 7.20. The van der Waals surface area contributed by atoms with Gasteiger partial charge in [-0.2, -0.15) is 0 Å². The van der Waals surface area contributed by atoms with E-state index >= 15 is 0 Å². The fourth-order valence-corrected chi connectivity index (χ4v) is 3.25. The van der Waals surface area contributed by atoms with E-state index in [9.17, 15) is 9.18 Å². The normalized spacial score (nSPS) is 24.6. The van der Waals surface area contributed by atoms with Crippen molar-refractivity contribution in [3.05, 3.63) is 35.6 Å². The summed E-state index contributed by atoms with van der Waals surface area (Å²) < 4.78 is 19.1. The lowest BCUT2D eigenvalue weighted by atomic mass is 10.1. The lowest BCUT2D eigenvalue weighted by Crippen LogP contribution is -2.41. The smallest absolute Gasteiger partial charge is 0.227 e. The number of ether oxygens (including phenoxy) is 1. The number of benzene rings is 1. The van der Waals surface area contributed by atoms with Gasteiger partial charge in [-0.1, -0.05) is 12.1 Å². The van der Waals surface area contributed by atoms with Crippen LogP contribution in [0.3, 0.4) is 0 Å². The zero-order chi connectivity index (χ0) is 15.4. The van der Waals surface area contributed by atoms with Gasteiger partial charge in [-0.15, -0.1) is 0 Å². The highest BCUT2D eigenvalue weighted by molar-refractivity contribution is 5.79. The molecule has 4 nitrogen and oxygen atoms in total. The lowest BCUT2D eigenvalue weighted by Gasteiger charge is -2.28. The Morgan fingerprint density at radius 1 is 1.41 bits per heavy atom. The summed E-state index contributed by atoms with van der Waals surface area (Å²) >= 11 is 0. The van der Waals surface area contributed by atoms with E-state index in [1.165, 1.54) is 12.1 Å². The molecule has 1 N–H and O–H groups in total. The summed E-state index contributed by atoms with van der Waals surface area (Å²) in [5, 5.41) is 3.24. The number of amides is 1. The number of rotatable bonds is 5. The highest BCUT2D eigenvalue weighted by Gasteiger charge is 2.29. The summed E-state index contributed by atoms with van der Waals surface area (Å²) in [5.74, 6) is -0.0655. The van der Waals surface area contributed by atoms with Gasteiger partial charge in [0.25, 0.3) is 0 Å². The van der Waals surface area contributed by atoms with Gasteiger partial charge in [-0.25, -0.2) is 4.39 Å². The van der Waals surface area contributed by atoms with Gasteiger partial charge in [0, 0.05) is 26.2 Å². The minimum absolute atomic E-state index is 0.0370. The number of carbonyl (C=O) groups is 1. The predicted octanol–water partition coefficient (Wildman–Crippen LogP) is 1.94. The van der Waals surface area contributed by atoms with Gasteiger partial charge in [0.05, 0.1) is 12.0 Å². The Morgan fingerprint density at radius 2 is 2.32 bits per heavy atom. The molecule has 0 aliphatic carbocycles. The van der Waals surface area contributed by atoms with E-state index in [4.69, 9.17) is 4.74 Å². The molecule has 2 saturated heterocycles. The summed E-state index contributed by atoms with van der Waals surface area (Å²) in [5.41, 5.74) is 0.831. The summed E-state index contributed by atoms with van der Waals surface area (Å²) in [6.07, 6.45) is 3.05. The van der Waals surface area contributed by atoms with Crippen LogP contribution in [0, 0.1) is 11.7 Å². The fourth-order valence-electron chi connectivity index (χ4n) is 3.25. The van der Waals surface area contributed by atoms with Crippen molar-refractivity contribution in [3.8, 4) is 0 Å². The summed E-state index contributed by atoms with van der Waals surface area (Å²) in [4.78, 5) is 14.6. The van der Waals surface area contributed by atoms with E-state index < -0.39 is 0 Å². The number of hydrogen-bond donors (Lipinski definition) is 1. The standard InChI is InChI=1S/C17H23FN2O2/c18-15-4-1-3-13(9-15)11-20(12-16-5-2-8-22-16)17(21)14-6-7-19-10-14/h1,3-4,9,14,16,19H,2,5-8,10-12H2. The fraction of sp³-hybridized carbons (Fsp3) is 0.588. The van der Waals surface area contributed by atoms with Crippen molar-refractivity contribution in [2.24, 2.45) is 5.92 Å². The molecule has 0 spiro atoms. The van der Waals surface area contributed by atoms with Crippen LogP contribution in [0.4, 0.5) is 4.39 Å². The predicted molar refractivity (Wildman–Crippen MR) is 81.8 cm³/mol. The molecule has 2 aliphatic rings. The number of nitrogens with one attached hydrogen (secondary N) is 1. The molecule has 1 aromatic rings. The second-order valence-corrected chi connectivity index (χ2v) is 6.17. The molecule has 0 saturated carbocycles. The molecule has 2 aliphatic heterocycles. The topological polar surface area (TPSA) is 41.6 Å². The zero-order valence-corrected chi connectivity index (χ0v) is 12.8. The van der Waals surface area contributed by atoms with Gasteiger partial charge >= 0.3 is 0 Å². The number of nitrogens with zero attached hydrogens (tertiary/aromatic N) is 1. The van der Waals surface area contributed by atoms with Crippen LogP contribution in [-0.4, -0.2) is 43.2 Å². The van der Waals surface area contributed by atoms with E-state index in [-0.39, 0.29) is 23.7 Å². The summed E-state index contributed by atoms with van der Waals surface area (Å²) in [6, 6.07) is 6.49. The van der Waals surface area contributed by atoms with E-state index in [1.807, 2.05) is 11.0 Å². The molecule has 22 heavy (non-hydrogen) atoms. The van der Waals surface area contributed by atoms with Crippen LogP contribution in [-0.2, 0) is 16.1 Å². The SMILES string of the molecule is O=C(C1CCNC1)N(Cc1cccc(F)c1)CC1CCCO1. The van der Waals surface area contributed by atoms with Gasteiger partial charge < -0.3 is 15.0 Å². The monoisotopic (exact) mass is 306 g/mol. The highest BCUT2D eigenvalue weighted by atomic mass is 19.1. The van der Waals surface area contributed by atoms with Crippen molar-refractivity contribution in [3.63, 3.8) is 0 Å². The Kier molecular flexibility index (Phi) is 5.05. The molecular weight excluding hydrogens is 283 g/mol. The molecule has 1 amide bonds. The van der Waals surface area contributed by atoms with Crippen molar-refractivity contribution in [2.75, 3.05) is 26.2 Å². The molecule has 1 aromatic carbocycles. The van der Waals surface area contributed by atoms with Gasteiger partial charge in [0.2, 0.25) is 5.91 Å². The Balaban J connectivity index is 1.70. The van der Waals surface area contributed by atoms with Crippen LogP contribution in [0.5, 0.6) is 0 Å². The summed E-state index contributed by atoms with van der Waals surface area (Å²) in [7, 11) is 0. The van der Waals surface area contributed by atoms with Crippen molar-refractivity contribution in [1.29, 1.82) is 0 Å². The molecule has 0 bridgehead atoms. The molecule has 120 valence electrons. The lowest BCUT2D eigenvalue weighted by molar-refractivity contribution is -0.137. The van der Waals surface area contributed by atoms with Gasteiger partial charge in [-0.05, 0) is 43.5 Å². The minimum Gasteiger partial charge on any atom is -0.376 e. The first kappa shape index (κ1) is 15.4. The Morgan fingerprint density at radius 3 is 3.00 bits per heavy atom. The van der Waals surface area contributed by atoms with E-state index in [0.29, 0.717) is 13.1 Å². The average Bonchev–Trinajstić information content (AvgIpc) is 3.19. The average molecular weight is 306 g/mol. The quantitative estimate of drug-likeness (QED) is 0.904. The number of hydrogen-bond acceptors (Lipinski definition) is 3. The Labute approximate surface area is 130 Å². The third-order valence-corrected chi connectivity index (χ3v) is 4.43. The molecule has 0 radical (unpaired) electrons. The molecule has 2 heterocycles. The van der Waals surface area contributed by atoms with Crippen molar-refractivity contribution >= 4 is 5.91 Å². The minimum atomic E-state index is -0.260. The van der Waals surface area contributed by atoms with E-state index in [0.717, 1.165) is 44.5 Å². The van der Waals surface area contributed by atoms with Crippen LogP contribution in [0.15, 0.2) is 24.3 Å². The van der Waals surface area contributed by atoms with Gasteiger partial charge in [0.15, 0.2) is 0 Å². The molecular formula is C17H23FN2O2.